The predicted molar refractivity (Wildman–Crippen MR) is 488 cm³/mol. The molecule has 14 heterocycles. The molecule has 696 valence electrons. The second kappa shape index (κ2) is 47.4. The van der Waals surface area contributed by atoms with E-state index in [0.29, 0.717) is 53.6 Å². The molecule has 40 nitrogen and oxygen atoms in total. The predicted octanol–water partition coefficient (Wildman–Crippen LogP) is 6.29. The average molecular weight is 1970 g/mol. The highest BCUT2D eigenvalue weighted by Gasteiger charge is 2.47. The van der Waals surface area contributed by atoms with E-state index in [4.69, 9.17) is 28.4 Å². The Morgan fingerprint density at radius 3 is 0.750 bits per heavy atom. The van der Waals surface area contributed by atoms with Crippen molar-refractivity contribution in [3.63, 3.8) is 0 Å². The molecule has 0 saturated heterocycles. The van der Waals surface area contributed by atoms with Gasteiger partial charge in [-0.3, -0.25) is 57.7 Å². The molecule has 0 spiro atoms. The van der Waals surface area contributed by atoms with Crippen LogP contribution in [0.2, 0.25) is 0 Å². The highest BCUT2D eigenvalue weighted by Crippen LogP contribution is 2.42. The van der Waals surface area contributed by atoms with Crippen LogP contribution in [0.5, 0.6) is 34.5 Å². The zero-order valence-electron chi connectivity index (χ0n) is 68.6. The Hall–Kier alpha value is -12.7. The topological polar surface area (TPSA) is 603 Å². The van der Waals surface area contributed by atoms with Crippen molar-refractivity contribution in [2.45, 2.75) is 74.0 Å². The summed E-state index contributed by atoms with van der Waals surface area (Å²) in [6, 6.07) is 22.9. The van der Waals surface area contributed by atoms with Crippen LogP contribution in [0, 0.1) is 0 Å². The number of hydrogen-bond acceptors (Lipinski definition) is 32. The third-order valence-electron chi connectivity index (χ3n) is 19.6. The summed E-state index contributed by atoms with van der Waals surface area (Å²) in [5, 5.41) is 97.1. The summed E-state index contributed by atoms with van der Waals surface area (Å²) in [7, 11) is 7.42. The Morgan fingerprint density at radius 1 is 0.280 bits per heavy atom. The molecule has 14 aliphatic rings. The zero-order valence-corrected chi connectivity index (χ0v) is 75.1. The molecule has 22 rings (SSSR count). The van der Waals surface area contributed by atoms with E-state index in [2.05, 4.69) is 31.9 Å². The lowest BCUT2D eigenvalue weighted by molar-refractivity contribution is -0.141. The minimum atomic E-state index is -1.77. The van der Waals surface area contributed by atoms with Gasteiger partial charge < -0.3 is 101 Å². The number of nitrogens with zero attached hydrogens (tertiary/aromatic N) is 2. The van der Waals surface area contributed by atoms with Crippen LogP contribution >= 0.6 is 86.4 Å². The number of fused-ring (bicyclic) bond motifs is 2. The van der Waals surface area contributed by atoms with Gasteiger partial charge in [0.2, 0.25) is 11.8 Å². The Bertz CT molecular complexity index is 5280. The maximum atomic E-state index is 14.0. The molecule has 0 radical (unpaired) electrons. The molecule has 132 heavy (non-hydrogen) atoms. The van der Waals surface area contributed by atoms with E-state index in [0.717, 1.165) is 86.4 Å². The Balaban J connectivity index is 0.000000255. The Kier molecular flexibility index (Phi) is 35.8. The smallest absolute Gasteiger partial charge is 0.327 e. The summed E-state index contributed by atoms with van der Waals surface area (Å²) in [4.78, 5) is 230. The van der Waals surface area contributed by atoms with Gasteiger partial charge in [0.1, 0.15) is 82.8 Å². The zero-order chi connectivity index (χ0) is 95.0. The first kappa shape index (κ1) is 99.8. The summed E-state index contributed by atoms with van der Waals surface area (Å²) >= 11 is 0. The van der Waals surface area contributed by atoms with Crippen LogP contribution in [0.4, 0.5) is 0 Å². The maximum absolute atomic E-state index is 14.0. The average Bonchev–Trinajstić information content (AvgIpc) is 0.705. The van der Waals surface area contributed by atoms with Crippen molar-refractivity contribution in [2.75, 3.05) is 85.7 Å². The minimum Gasteiger partial charge on any atom is -0.493 e. The van der Waals surface area contributed by atoms with E-state index >= 15 is 0 Å². The number of hydrogen-bond donors (Lipinski definition) is 14. The Morgan fingerprint density at radius 2 is 0.515 bits per heavy atom. The van der Waals surface area contributed by atoms with Crippen molar-refractivity contribution in [3.05, 3.63) is 156 Å². The number of carboxylic acid groups (broad SMARTS) is 8. The van der Waals surface area contributed by atoms with Crippen molar-refractivity contribution in [3.8, 4) is 34.5 Å². The fraction of sp³-hybridized carbons (Fsp3) is 0.310. The number of aliphatic carboxylic acids is 8. The minimum absolute atomic E-state index is 0.0904. The number of rotatable bonds is 8. The van der Waals surface area contributed by atoms with E-state index in [9.17, 15) is 127 Å². The number of benzene rings is 8. The lowest BCUT2D eigenvalue weighted by Gasteiger charge is -2.35. The number of imide groups is 2. The van der Waals surface area contributed by atoms with Crippen LogP contribution in [0.3, 0.4) is 0 Å². The third-order valence-corrected chi connectivity index (χ3v) is 29.3. The van der Waals surface area contributed by atoms with Gasteiger partial charge in [-0.15, -0.1) is 0 Å². The standard InChI is InChI=1S/C44H40N4O16S4.C40H40N4O16S4/c49-33-9-3-15-63-31-7-1-5-21-22(31)6-2-8-32(21)64-16-4-10-34(50)46-28(42(57)58)18-66-68-20-30(44(61)62)48-39(53)25-13-11-23-35-24(12-14-26(36(25)35)40(48)54)38(52)47(37(23)51)29(43(59)60)19-67-65-17-27(45-33)41(55)56;45-33-13-57-25-5-1-21-9-26(6-2-22(21)10-25)58-14-34(46)42-30(38(51)52)18-62-64-20-32(40(55)56)44-36(48)16-60-28-8-4-23-11-27(7-3-24(23)12-28)59-15-35(47)43-31(39(53)54)19-63-61-17-29(41-33)37(49)50/h1-2,5-8,11-14,27-30H,3-4,9-10,15-20H2,(H,45,49)(H,46,50)(H,55,56)(H,57,58)(H,59,60)(H,61,62);1-12,29-32H,13-20H2,(H,41,45)(H,42,46)(H,43,47)(H,44,48)(H,49,50)(H,51,52)(H,53,54)(H,55,56)/t27-,28-,29-,30-;29-,30-,31-,32-/m00/s1. The number of ether oxygens (including phenoxy) is 6. The fourth-order valence-electron chi connectivity index (χ4n) is 13.1. The summed E-state index contributed by atoms with van der Waals surface area (Å²) in [5.74, 6) is -19.2. The number of nitrogens with one attached hydrogen (secondary N) is 6. The largest absolute Gasteiger partial charge is 0.493 e. The number of amides is 10. The van der Waals surface area contributed by atoms with Gasteiger partial charge in [-0.2, -0.15) is 0 Å². The van der Waals surface area contributed by atoms with Crippen molar-refractivity contribution >= 4 is 236 Å². The van der Waals surface area contributed by atoms with Crippen LogP contribution in [0.25, 0.3) is 43.1 Å². The summed E-state index contributed by atoms with van der Waals surface area (Å²) < 4.78 is 34.2. The summed E-state index contributed by atoms with van der Waals surface area (Å²) in [6.07, 6.45) is 0.228. The second-order valence-electron chi connectivity index (χ2n) is 28.8. The van der Waals surface area contributed by atoms with Gasteiger partial charge in [-0.25, -0.2) is 38.4 Å². The number of carbonyl (C=O) groups excluding carboxylic acids is 10. The van der Waals surface area contributed by atoms with Gasteiger partial charge >= 0.3 is 47.8 Å². The van der Waals surface area contributed by atoms with Crippen LogP contribution < -0.4 is 60.3 Å². The van der Waals surface area contributed by atoms with Crippen LogP contribution in [0.15, 0.2) is 133 Å². The quantitative estimate of drug-likeness (QED) is 0.0587. The van der Waals surface area contributed by atoms with Gasteiger partial charge in [-0.1, -0.05) is 135 Å². The molecule has 8 atom stereocenters. The van der Waals surface area contributed by atoms with Crippen LogP contribution in [-0.2, 0) is 67.1 Å². The molecule has 20 bridgehead atoms. The van der Waals surface area contributed by atoms with Crippen molar-refractivity contribution in [1.29, 1.82) is 0 Å². The maximum Gasteiger partial charge on any atom is 0.327 e. The molecule has 0 fully saturated rings. The highest BCUT2D eigenvalue weighted by molar-refractivity contribution is 8.77. The molecule has 14 aliphatic heterocycles. The molecule has 10 amide bonds. The van der Waals surface area contributed by atoms with Gasteiger partial charge in [0.25, 0.3) is 47.3 Å². The van der Waals surface area contributed by atoms with Crippen molar-refractivity contribution in [2.24, 2.45) is 0 Å². The van der Waals surface area contributed by atoms with Gasteiger partial charge in [0.15, 0.2) is 26.4 Å². The second-order valence-corrected chi connectivity index (χ2v) is 39.0. The van der Waals surface area contributed by atoms with Crippen molar-refractivity contribution in [1.82, 2.24) is 41.7 Å². The van der Waals surface area contributed by atoms with E-state index in [1.165, 1.54) is 24.3 Å². The van der Waals surface area contributed by atoms with E-state index in [-0.39, 0.29) is 129 Å². The molecule has 8 aromatic rings. The Labute approximate surface area is 778 Å². The van der Waals surface area contributed by atoms with E-state index in [1.54, 1.807) is 109 Å². The van der Waals surface area contributed by atoms with Gasteiger partial charge in [-0.05, 0) is 119 Å². The van der Waals surface area contributed by atoms with E-state index in [1.807, 2.05) is 0 Å². The third kappa shape index (κ3) is 26.8. The first-order valence-corrected chi connectivity index (χ1v) is 49.4. The van der Waals surface area contributed by atoms with E-state index < -0.39 is 193 Å². The molecule has 0 unspecified atom stereocenters. The number of carboxylic acids is 8. The molecular weight excluding hydrogens is 1890 g/mol. The van der Waals surface area contributed by atoms with Gasteiger partial charge in [0.05, 0.1) is 13.2 Å². The molecule has 14 N–H and O–H groups in total. The molecule has 48 heteroatoms. The lowest BCUT2D eigenvalue weighted by atomic mass is 9.85. The number of carbonyl (C=O) groups is 18. The summed E-state index contributed by atoms with van der Waals surface area (Å²) in [5.41, 5.74) is -0.827. The van der Waals surface area contributed by atoms with Crippen LogP contribution in [0.1, 0.15) is 67.1 Å². The molecular formula is C84H80N8O32S8. The molecule has 8 aromatic carbocycles. The summed E-state index contributed by atoms with van der Waals surface area (Å²) in [6.45, 7) is -1.92. The normalized spacial score (nSPS) is 21.3. The van der Waals surface area contributed by atoms with Gasteiger partial charge in [0, 0.05) is 103 Å². The fourth-order valence-corrected chi connectivity index (χ4v) is 22.4. The first-order valence-electron chi connectivity index (χ1n) is 39.5. The van der Waals surface area contributed by atoms with Crippen molar-refractivity contribution < 1.29 is 156 Å². The first-order chi connectivity index (χ1) is 63.2. The molecule has 0 saturated carbocycles. The lowest BCUT2D eigenvalue weighted by Crippen LogP contribution is -2.53. The molecule has 0 aliphatic carbocycles. The highest BCUT2D eigenvalue weighted by atomic mass is 33.1. The molecule has 0 aromatic heterocycles. The van der Waals surface area contributed by atoms with Crippen LogP contribution in [-0.4, -0.2) is 291 Å². The SMILES string of the molecule is O=C1CCCOc2cccc3c(cccc23)OCCCC(=O)N[C@H](C(=O)O)CSSC[C@@H](C(=O)O)N2C(=O)c3ccc4c5c(ccc(c35)C2=O)C(=O)N(C4=O)[C@H](C(=O)O)CSSC[C@@H](C(=O)O)N1.O=C1COc2ccc3cc(ccc3c2)OCC(=O)N[C@H](C(=O)O)CSSC[C@@H](C(=O)O)NC(=O)COc2ccc3cc(ccc3c2)OCC(=O)N[C@H](C(=O)O)CSSC[C@@H](C(=O)O)N1. The monoisotopic (exact) mass is 1970 g/mol.